The maximum Gasteiger partial charge on any atom is 0.0742 e. The fraction of sp³-hybridized carbons (Fsp3) is 0.500. The molecule has 3 nitrogen and oxygen atoms in total. The van der Waals surface area contributed by atoms with Gasteiger partial charge in [0.15, 0.2) is 0 Å². The summed E-state index contributed by atoms with van der Waals surface area (Å²) >= 11 is 0. The third-order valence-electron chi connectivity index (χ3n) is 3.03. The lowest BCUT2D eigenvalue weighted by molar-refractivity contribution is 0.212. The summed E-state index contributed by atoms with van der Waals surface area (Å²) in [7, 11) is 2.09. The van der Waals surface area contributed by atoms with Crippen molar-refractivity contribution >= 4 is 5.69 Å². The number of aliphatic hydroxyl groups excluding tert-OH is 1. The predicted octanol–water partition coefficient (Wildman–Crippen LogP) is 1.17. The number of likely N-dealkylation sites (tertiary alicyclic amines) is 1. The molecule has 1 aromatic rings. The Bertz CT molecular complexity index is 315. The first kappa shape index (κ1) is 10.5. The van der Waals surface area contributed by atoms with Crippen LogP contribution < -0.4 is 5.32 Å². The van der Waals surface area contributed by atoms with E-state index >= 15 is 0 Å². The molecular weight excluding hydrogens is 188 g/mol. The van der Waals surface area contributed by atoms with E-state index in [4.69, 9.17) is 0 Å². The summed E-state index contributed by atoms with van der Waals surface area (Å²) in [6, 6.07) is 10.1. The lowest BCUT2D eigenvalue weighted by Gasteiger charge is -2.29. The van der Waals surface area contributed by atoms with E-state index in [0.717, 1.165) is 25.2 Å². The standard InChI is InChI=1S/C12H18N2O/c1-14-8-7-12(9-14,10-15)13-11-5-3-2-4-6-11/h2-6,13,15H,7-10H2,1H3. The van der Waals surface area contributed by atoms with E-state index < -0.39 is 0 Å². The first-order valence-corrected chi connectivity index (χ1v) is 5.37. The van der Waals surface area contributed by atoms with Gasteiger partial charge in [0.25, 0.3) is 0 Å². The van der Waals surface area contributed by atoms with Crippen LogP contribution in [0.4, 0.5) is 5.69 Å². The minimum absolute atomic E-state index is 0.157. The normalized spacial score (nSPS) is 26.8. The molecule has 1 saturated heterocycles. The Kier molecular flexibility index (Phi) is 2.93. The monoisotopic (exact) mass is 206 g/mol. The molecule has 0 bridgehead atoms. The number of hydrogen-bond donors (Lipinski definition) is 2. The van der Waals surface area contributed by atoms with Crippen LogP contribution >= 0.6 is 0 Å². The Balaban J connectivity index is 2.09. The molecule has 82 valence electrons. The lowest BCUT2D eigenvalue weighted by Crippen LogP contribution is -2.44. The number of para-hydroxylation sites is 1. The maximum absolute atomic E-state index is 9.51. The Morgan fingerprint density at radius 1 is 1.40 bits per heavy atom. The van der Waals surface area contributed by atoms with E-state index in [1.807, 2.05) is 30.3 Å². The Morgan fingerprint density at radius 3 is 2.67 bits per heavy atom. The van der Waals surface area contributed by atoms with Crippen LogP contribution in [0.2, 0.25) is 0 Å². The molecule has 1 aliphatic heterocycles. The second-order valence-electron chi connectivity index (χ2n) is 4.42. The summed E-state index contributed by atoms with van der Waals surface area (Å²) in [5.41, 5.74) is 0.928. The number of rotatable bonds is 3. The molecule has 2 rings (SSSR count). The number of hydrogen-bond acceptors (Lipinski definition) is 3. The van der Waals surface area contributed by atoms with Crippen LogP contribution in [0.15, 0.2) is 30.3 Å². The molecular formula is C12H18N2O. The van der Waals surface area contributed by atoms with E-state index in [0.29, 0.717) is 0 Å². The quantitative estimate of drug-likeness (QED) is 0.779. The van der Waals surface area contributed by atoms with Gasteiger partial charge in [0, 0.05) is 18.8 Å². The van der Waals surface area contributed by atoms with Gasteiger partial charge in [0.1, 0.15) is 0 Å². The van der Waals surface area contributed by atoms with Crippen LogP contribution in [0.25, 0.3) is 0 Å². The SMILES string of the molecule is CN1CCC(CO)(Nc2ccccc2)C1. The van der Waals surface area contributed by atoms with Gasteiger partial charge < -0.3 is 15.3 Å². The first-order valence-electron chi connectivity index (χ1n) is 5.37. The van der Waals surface area contributed by atoms with Crippen molar-refractivity contribution in [2.75, 3.05) is 32.1 Å². The van der Waals surface area contributed by atoms with Crippen LogP contribution in [0.5, 0.6) is 0 Å². The minimum atomic E-state index is -0.157. The third kappa shape index (κ3) is 2.30. The van der Waals surface area contributed by atoms with Gasteiger partial charge in [-0.05, 0) is 25.6 Å². The number of anilines is 1. The molecule has 0 aliphatic carbocycles. The maximum atomic E-state index is 9.51. The number of aliphatic hydroxyl groups is 1. The number of nitrogens with one attached hydrogen (secondary N) is 1. The molecule has 0 radical (unpaired) electrons. The van der Waals surface area contributed by atoms with E-state index in [9.17, 15) is 5.11 Å². The van der Waals surface area contributed by atoms with Crippen LogP contribution in [0.3, 0.4) is 0 Å². The molecule has 0 amide bonds. The van der Waals surface area contributed by atoms with E-state index in [1.54, 1.807) is 0 Å². The first-order chi connectivity index (χ1) is 7.24. The Labute approximate surface area is 90.7 Å². The van der Waals surface area contributed by atoms with Crippen molar-refractivity contribution in [3.05, 3.63) is 30.3 Å². The zero-order valence-corrected chi connectivity index (χ0v) is 9.11. The van der Waals surface area contributed by atoms with Crippen LogP contribution in [-0.4, -0.2) is 42.3 Å². The second-order valence-corrected chi connectivity index (χ2v) is 4.42. The van der Waals surface area contributed by atoms with Crippen molar-refractivity contribution in [3.63, 3.8) is 0 Å². The molecule has 0 spiro atoms. The van der Waals surface area contributed by atoms with Crippen molar-refractivity contribution < 1.29 is 5.11 Å². The second kappa shape index (κ2) is 4.21. The molecule has 2 N–H and O–H groups in total. The van der Waals surface area contributed by atoms with Gasteiger partial charge in [0.2, 0.25) is 0 Å². The summed E-state index contributed by atoms with van der Waals surface area (Å²) in [4.78, 5) is 2.24. The highest BCUT2D eigenvalue weighted by atomic mass is 16.3. The molecule has 0 aromatic heterocycles. The highest BCUT2D eigenvalue weighted by molar-refractivity contribution is 5.45. The van der Waals surface area contributed by atoms with Crippen LogP contribution in [0.1, 0.15) is 6.42 Å². The molecule has 15 heavy (non-hydrogen) atoms. The fourth-order valence-corrected chi connectivity index (χ4v) is 2.18. The predicted molar refractivity (Wildman–Crippen MR) is 62.0 cm³/mol. The lowest BCUT2D eigenvalue weighted by atomic mass is 9.99. The van der Waals surface area contributed by atoms with Crippen molar-refractivity contribution in [1.29, 1.82) is 0 Å². The van der Waals surface area contributed by atoms with E-state index in [1.165, 1.54) is 0 Å². The van der Waals surface area contributed by atoms with Gasteiger partial charge in [-0.2, -0.15) is 0 Å². The zero-order valence-electron chi connectivity index (χ0n) is 9.11. The smallest absolute Gasteiger partial charge is 0.0742 e. The Morgan fingerprint density at radius 2 is 2.13 bits per heavy atom. The highest BCUT2D eigenvalue weighted by Gasteiger charge is 2.35. The molecule has 1 aromatic carbocycles. The van der Waals surface area contributed by atoms with Gasteiger partial charge in [-0.15, -0.1) is 0 Å². The molecule has 1 fully saturated rings. The average Bonchev–Trinajstić information content (AvgIpc) is 2.62. The van der Waals surface area contributed by atoms with Gasteiger partial charge in [-0.1, -0.05) is 18.2 Å². The summed E-state index contributed by atoms with van der Waals surface area (Å²) < 4.78 is 0. The molecule has 1 unspecified atom stereocenters. The number of nitrogens with zero attached hydrogens (tertiary/aromatic N) is 1. The largest absolute Gasteiger partial charge is 0.394 e. The molecule has 0 saturated carbocycles. The zero-order chi connectivity index (χ0) is 10.7. The summed E-state index contributed by atoms with van der Waals surface area (Å²) in [5.74, 6) is 0. The average molecular weight is 206 g/mol. The fourth-order valence-electron chi connectivity index (χ4n) is 2.18. The van der Waals surface area contributed by atoms with Gasteiger partial charge >= 0.3 is 0 Å². The molecule has 1 atom stereocenters. The van der Waals surface area contributed by atoms with Crippen LogP contribution in [0, 0.1) is 0 Å². The molecule has 1 heterocycles. The van der Waals surface area contributed by atoms with E-state index in [-0.39, 0.29) is 12.1 Å². The highest BCUT2D eigenvalue weighted by Crippen LogP contribution is 2.24. The van der Waals surface area contributed by atoms with Crippen LogP contribution in [-0.2, 0) is 0 Å². The van der Waals surface area contributed by atoms with E-state index in [2.05, 4.69) is 17.3 Å². The van der Waals surface area contributed by atoms with Crippen molar-refractivity contribution in [2.45, 2.75) is 12.0 Å². The molecule has 3 heteroatoms. The van der Waals surface area contributed by atoms with Crippen molar-refractivity contribution in [3.8, 4) is 0 Å². The third-order valence-corrected chi connectivity index (χ3v) is 3.03. The number of likely N-dealkylation sites (N-methyl/N-ethyl adjacent to an activating group) is 1. The van der Waals surface area contributed by atoms with Gasteiger partial charge in [-0.25, -0.2) is 0 Å². The minimum Gasteiger partial charge on any atom is -0.394 e. The summed E-state index contributed by atoms with van der Waals surface area (Å²) in [5, 5.41) is 12.9. The van der Waals surface area contributed by atoms with Crippen molar-refractivity contribution in [1.82, 2.24) is 4.90 Å². The van der Waals surface area contributed by atoms with Crippen molar-refractivity contribution in [2.24, 2.45) is 0 Å². The van der Waals surface area contributed by atoms with Gasteiger partial charge in [-0.3, -0.25) is 0 Å². The Hall–Kier alpha value is -1.06. The summed E-state index contributed by atoms with van der Waals surface area (Å²) in [6.07, 6.45) is 0.995. The molecule has 1 aliphatic rings. The summed E-state index contributed by atoms with van der Waals surface area (Å²) in [6.45, 7) is 2.13. The van der Waals surface area contributed by atoms with Gasteiger partial charge in [0.05, 0.1) is 12.1 Å². The number of benzene rings is 1. The topological polar surface area (TPSA) is 35.5 Å².